The third-order valence-electron chi connectivity index (χ3n) is 5.26. The average Bonchev–Trinajstić information content (AvgIpc) is 3.44. The lowest BCUT2D eigenvalue weighted by atomic mass is 10.0. The van der Waals surface area contributed by atoms with Crippen LogP contribution in [0.1, 0.15) is 51.9 Å². The molecule has 2 heterocycles. The highest BCUT2D eigenvalue weighted by Crippen LogP contribution is 2.19. The molecular weight excluding hydrogens is 448 g/mol. The zero-order chi connectivity index (χ0) is 25.6. The minimum atomic E-state index is -0.649. The molecule has 0 aliphatic rings. The second-order valence-electron chi connectivity index (χ2n) is 9.47. The summed E-state index contributed by atoms with van der Waals surface area (Å²) in [6, 6.07) is 10.3. The molecule has 0 aliphatic heterocycles. The molecule has 0 saturated heterocycles. The summed E-state index contributed by atoms with van der Waals surface area (Å²) in [6.07, 6.45) is 1.25. The predicted octanol–water partition coefficient (Wildman–Crippen LogP) is 3.36. The fraction of sp³-hybridized carbons (Fsp3) is 0.480. The van der Waals surface area contributed by atoms with E-state index in [1.54, 1.807) is 24.1 Å². The quantitative estimate of drug-likeness (QED) is 0.471. The lowest BCUT2D eigenvalue weighted by Crippen LogP contribution is -2.54. The van der Waals surface area contributed by atoms with Crippen molar-refractivity contribution in [2.24, 2.45) is 0 Å². The molecule has 3 rings (SSSR count). The number of ether oxygens (including phenoxy) is 1. The molecule has 2 aromatic heterocycles. The molecule has 2 amide bonds. The summed E-state index contributed by atoms with van der Waals surface area (Å²) in [5.41, 5.74) is 0.448. The molecule has 0 spiro atoms. The highest BCUT2D eigenvalue weighted by molar-refractivity contribution is 5.88. The van der Waals surface area contributed by atoms with Crippen LogP contribution in [0.5, 0.6) is 5.75 Å². The van der Waals surface area contributed by atoms with Crippen molar-refractivity contribution in [2.75, 3.05) is 7.11 Å². The third kappa shape index (κ3) is 7.14. The van der Waals surface area contributed by atoms with E-state index >= 15 is 0 Å². The van der Waals surface area contributed by atoms with Gasteiger partial charge in [0, 0.05) is 12.1 Å². The molecule has 10 nitrogen and oxygen atoms in total. The number of hydrogen-bond acceptors (Lipinski definition) is 7. The van der Waals surface area contributed by atoms with Gasteiger partial charge in [0.1, 0.15) is 24.1 Å². The standard InChI is InChI=1S/C25H34N6O4/c1-7-8-20(24(33)26-25(3,4)5)30(15-18-10-12-19(34-6)13-11-18)22(32)16-31-28-23(27-29-31)21-14-9-17(2)35-21/h9-14,20H,7-8,15-16H2,1-6H3,(H,26,33)/t20-/m0/s1. The fourth-order valence-corrected chi connectivity index (χ4v) is 3.63. The summed E-state index contributed by atoms with van der Waals surface area (Å²) in [5, 5.41) is 15.3. The maximum absolute atomic E-state index is 13.5. The first-order valence-corrected chi connectivity index (χ1v) is 11.7. The van der Waals surface area contributed by atoms with Gasteiger partial charge in [-0.3, -0.25) is 9.59 Å². The van der Waals surface area contributed by atoms with Gasteiger partial charge in [0.2, 0.25) is 17.6 Å². The van der Waals surface area contributed by atoms with E-state index in [4.69, 9.17) is 9.15 Å². The van der Waals surface area contributed by atoms with Crippen LogP contribution in [0.15, 0.2) is 40.8 Å². The Morgan fingerprint density at radius 3 is 2.46 bits per heavy atom. The Labute approximate surface area is 205 Å². The number of carbonyl (C=O) groups is 2. The summed E-state index contributed by atoms with van der Waals surface area (Å²) in [7, 11) is 1.60. The number of nitrogens with one attached hydrogen (secondary N) is 1. The van der Waals surface area contributed by atoms with Gasteiger partial charge in [-0.15, -0.1) is 10.2 Å². The van der Waals surface area contributed by atoms with E-state index in [2.05, 4.69) is 20.7 Å². The first-order chi connectivity index (χ1) is 16.6. The molecule has 1 N–H and O–H groups in total. The summed E-state index contributed by atoms with van der Waals surface area (Å²) < 4.78 is 10.8. The summed E-state index contributed by atoms with van der Waals surface area (Å²) in [4.78, 5) is 29.6. The molecule has 10 heteroatoms. The van der Waals surface area contributed by atoms with Crippen molar-refractivity contribution in [1.82, 2.24) is 30.4 Å². The third-order valence-corrected chi connectivity index (χ3v) is 5.26. The molecule has 1 aromatic carbocycles. The van der Waals surface area contributed by atoms with Gasteiger partial charge in [-0.05, 0) is 69.2 Å². The van der Waals surface area contributed by atoms with Crippen LogP contribution in [0.25, 0.3) is 11.6 Å². The van der Waals surface area contributed by atoms with Crippen LogP contribution in [0.3, 0.4) is 0 Å². The lowest BCUT2D eigenvalue weighted by molar-refractivity contribution is -0.143. The van der Waals surface area contributed by atoms with E-state index in [-0.39, 0.29) is 24.9 Å². The van der Waals surface area contributed by atoms with Gasteiger partial charge in [0.05, 0.1) is 7.11 Å². The van der Waals surface area contributed by atoms with Crippen molar-refractivity contribution in [3.05, 3.63) is 47.7 Å². The van der Waals surface area contributed by atoms with Crippen LogP contribution in [-0.4, -0.2) is 55.6 Å². The Balaban J connectivity index is 1.87. The van der Waals surface area contributed by atoms with Crippen molar-refractivity contribution in [3.8, 4) is 17.3 Å². The predicted molar refractivity (Wildman–Crippen MR) is 130 cm³/mol. The van der Waals surface area contributed by atoms with Gasteiger partial charge in [0.15, 0.2) is 5.76 Å². The zero-order valence-corrected chi connectivity index (χ0v) is 21.2. The minimum absolute atomic E-state index is 0.161. The molecule has 1 atom stereocenters. The second-order valence-corrected chi connectivity index (χ2v) is 9.47. The second kappa shape index (κ2) is 11.2. The number of methoxy groups -OCH3 is 1. The highest BCUT2D eigenvalue weighted by atomic mass is 16.5. The number of benzene rings is 1. The van der Waals surface area contributed by atoms with Crippen LogP contribution in [-0.2, 0) is 22.7 Å². The Morgan fingerprint density at radius 1 is 1.17 bits per heavy atom. The lowest BCUT2D eigenvalue weighted by Gasteiger charge is -2.33. The molecule has 35 heavy (non-hydrogen) atoms. The SMILES string of the molecule is CCC[C@@H](C(=O)NC(C)(C)C)N(Cc1ccc(OC)cc1)C(=O)Cn1nnc(-c2ccc(C)o2)n1. The van der Waals surface area contributed by atoms with E-state index in [1.165, 1.54) is 4.80 Å². The number of carbonyl (C=O) groups excluding carboxylic acids is 2. The molecule has 0 aliphatic carbocycles. The Bertz CT molecular complexity index is 1130. The van der Waals surface area contributed by atoms with Crippen LogP contribution in [0, 0.1) is 6.92 Å². The van der Waals surface area contributed by atoms with Gasteiger partial charge in [-0.1, -0.05) is 25.5 Å². The molecule has 0 bridgehead atoms. The monoisotopic (exact) mass is 482 g/mol. The van der Waals surface area contributed by atoms with Crippen LogP contribution >= 0.6 is 0 Å². The number of tetrazole rings is 1. The summed E-state index contributed by atoms with van der Waals surface area (Å²) >= 11 is 0. The van der Waals surface area contributed by atoms with Crippen molar-refractivity contribution in [3.63, 3.8) is 0 Å². The van der Waals surface area contributed by atoms with Crippen LogP contribution in [0.4, 0.5) is 0 Å². The van der Waals surface area contributed by atoms with E-state index in [1.807, 2.05) is 58.9 Å². The molecule has 0 unspecified atom stereocenters. The maximum atomic E-state index is 13.5. The molecule has 188 valence electrons. The van der Waals surface area contributed by atoms with Crippen molar-refractivity contribution >= 4 is 11.8 Å². The molecular formula is C25H34N6O4. The highest BCUT2D eigenvalue weighted by Gasteiger charge is 2.32. The molecule has 0 fully saturated rings. The van der Waals surface area contributed by atoms with Gasteiger partial charge < -0.3 is 19.4 Å². The first kappa shape index (κ1) is 25.9. The van der Waals surface area contributed by atoms with E-state index in [0.29, 0.717) is 18.0 Å². The van der Waals surface area contributed by atoms with Crippen molar-refractivity contribution in [2.45, 2.75) is 72.1 Å². The first-order valence-electron chi connectivity index (χ1n) is 11.7. The van der Waals surface area contributed by atoms with E-state index < -0.39 is 11.6 Å². The number of rotatable bonds is 10. The normalized spacial score (nSPS) is 12.3. The topological polar surface area (TPSA) is 115 Å². The Kier molecular flexibility index (Phi) is 8.26. The summed E-state index contributed by atoms with van der Waals surface area (Å²) in [6.45, 7) is 9.66. The smallest absolute Gasteiger partial charge is 0.247 e. The molecule has 0 radical (unpaired) electrons. The van der Waals surface area contributed by atoms with Gasteiger partial charge >= 0.3 is 0 Å². The largest absolute Gasteiger partial charge is 0.497 e. The van der Waals surface area contributed by atoms with Crippen LogP contribution in [0.2, 0.25) is 0 Å². The summed E-state index contributed by atoms with van der Waals surface area (Å²) in [5.74, 6) is 1.73. The van der Waals surface area contributed by atoms with Gasteiger partial charge in [-0.2, -0.15) is 4.80 Å². The minimum Gasteiger partial charge on any atom is -0.497 e. The Hall–Kier alpha value is -3.69. The van der Waals surface area contributed by atoms with Gasteiger partial charge in [-0.25, -0.2) is 0 Å². The van der Waals surface area contributed by atoms with Crippen molar-refractivity contribution in [1.29, 1.82) is 0 Å². The number of aromatic nitrogens is 4. The number of nitrogens with zero attached hydrogens (tertiary/aromatic N) is 5. The number of furan rings is 1. The van der Waals surface area contributed by atoms with Gasteiger partial charge in [0.25, 0.3) is 0 Å². The van der Waals surface area contributed by atoms with Crippen LogP contribution < -0.4 is 10.1 Å². The van der Waals surface area contributed by atoms with E-state index in [0.717, 1.165) is 23.5 Å². The maximum Gasteiger partial charge on any atom is 0.247 e. The fourth-order valence-electron chi connectivity index (χ4n) is 3.63. The molecule has 3 aromatic rings. The zero-order valence-electron chi connectivity index (χ0n) is 21.2. The average molecular weight is 483 g/mol. The number of hydrogen-bond donors (Lipinski definition) is 1. The van der Waals surface area contributed by atoms with Crippen molar-refractivity contribution < 1.29 is 18.7 Å². The Morgan fingerprint density at radius 2 is 1.89 bits per heavy atom. The number of amides is 2. The number of aryl methyl sites for hydroxylation is 1. The van der Waals surface area contributed by atoms with E-state index in [9.17, 15) is 9.59 Å². The molecule has 0 saturated carbocycles.